The zero-order valence-electron chi connectivity index (χ0n) is 11.4. The zero-order valence-corrected chi connectivity index (χ0v) is 12.2. The van der Waals surface area contributed by atoms with Gasteiger partial charge in [0.25, 0.3) is 0 Å². The third-order valence-corrected chi connectivity index (χ3v) is 3.54. The van der Waals surface area contributed by atoms with E-state index in [4.69, 9.17) is 4.84 Å². The number of oxime groups is 1. The molecular weight excluding hydrogens is 276 g/mol. The Bertz CT molecular complexity index is 625. The van der Waals surface area contributed by atoms with Gasteiger partial charge in [0.1, 0.15) is 5.71 Å². The maximum absolute atomic E-state index is 11.8. The van der Waals surface area contributed by atoms with Gasteiger partial charge in [-0.25, -0.2) is 9.78 Å². The Hall–Kier alpha value is -2.08. The predicted octanol–water partition coefficient (Wildman–Crippen LogP) is 2.77. The molecule has 1 aliphatic rings. The van der Waals surface area contributed by atoms with Gasteiger partial charge >= 0.3 is 5.97 Å². The van der Waals surface area contributed by atoms with Crippen molar-refractivity contribution in [2.24, 2.45) is 11.1 Å². The van der Waals surface area contributed by atoms with Gasteiger partial charge in [0.05, 0.1) is 0 Å². The molecule has 0 spiro atoms. The van der Waals surface area contributed by atoms with Crippen molar-refractivity contribution >= 4 is 28.8 Å². The van der Waals surface area contributed by atoms with Crippen molar-refractivity contribution in [2.75, 3.05) is 0 Å². The minimum Gasteiger partial charge on any atom is -0.309 e. The summed E-state index contributed by atoms with van der Waals surface area (Å²) >= 11 is 1.19. The number of ketones is 1. The highest BCUT2D eigenvalue weighted by atomic mass is 32.1. The Kier molecular flexibility index (Phi) is 4.24. The molecule has 0 fully saturated rings. The lowest BCUT2D eigenvalue weighted by Crippen LogP contribution is -2.16. The van der Waals surface area contributed by atoms with Gasteiger partial charge in [0, 0.05) is 17.2 Å². The van der Waals surface area contributed by atoms with E-state index in [1.807, 2.05) is 13.8 Å². The Morgan fingerprint density at radius 3 is 2.75 bits per heavy atom. The van der Waals surface area contributed by atoms with Crippen LogP contribution in [0.15, 0.2) is 40.0 Å². The van der Waals surface area contributed by atoms with Crippen LogP contribution < -0.4 is 0 Å². The van der Waals surface area contributed by atoms with E-state index in [1.165, 1.54) is 23.6 Å². The van der Waals surface area contributed by atoms with Gasteiger partial charge in [-0.15, -0.1) is 11.3 Å². The molecule has 0 N–H and O–H groups in total. The highest BCUT2D eigenvalue weighted by Gasteiger charge is 2.19. The van der Waals surface area contributed by atoms with Crippen LogP contribution in [0.4, 0.5) is 0 Å². The topological polar surface area (TPSA) is 68.6 Å². The first-order valence-electron chi connectivity index (χ1n) is 6.12. The average Bonchev–Trinajstić information content (AvgIpc) is 2.90. The first-order chi connectivity index (χ1) is 9.49. The number of carbonyl (C=O) groups excluding carboxylic acids is 2. The molecule has 0 radical (unpaired) electrons. The smallest absolute Gasteiger partial charge is 0.309 e. The fourth-order valence-electron chi connectivity index (χ4n) is 1.69. The van der Waals surface area contributed by atoms with Gasteiger partial charge in [-0.2, -0.15) is 0 Å². The Morgan fingerprint density at radius 2 is 2.15 bits per heavy atom. The van der Waals surface area contributed by atoms with Crippen LogP contribution in [0.5, 0.6) is 0 Å². The molecule has 20 heavy (non-hydrogen) atoms. The van der Waals surface area contributed by atoms with Crippen molar-refractivity contribution in [3.05, 3.63) is 39.9 Å². The van der Waals surface area contributed by atoms with Crippen LogP contribution in [0, 0.1) is 5.92 Å². The van der Waals surface area contributed by atoms with E-state index < -0.39 is 5.97 Å². The van der Waals surface area contributed by atoms with Crippen LogP contribution in [0.3, 0.4) is 0 Å². The first-order valence-corrected chi connectivity index (χ1v) is 7.00. The lowest BCUT2D eigenvalue weighted by atomic mass is 9.90. The second-order valence-corrected chi connectivity index (χ2v) is 5.53. The summed E-state index contributed by atoms with van der Waals surface area (Å²) in [5, 5.41) is 5.76. The maximum Gasteiger partial charge on any atom is 0.394 e. The molecule has 104 valence electrons. The van der Waals surface area contributed by atoms with Crippen LogP contribution >= 0.6 is 11.3 Å². The van der Waals surface area contributed by atoms with Gasteiger partial charge in [-0.05, 0) is 30.6 Å². The number of rotatable bonds is 3. The lowest BCUT2D eigenvalue weighted by molar-refractivity contribution is -0.111. The van der Waals surface area contributed by atoms with Crippen LogP contribution in [0.25, 0.3) is 0 Å². The van der Waals surface area contributed by atoms with Crippen LogP contribution in [0.2, 0.25) is 0 Å². The lowest BCUT2D eigenvalue weighted by Gasteiger charge is -2.14. The molecule has 5 nitrogen and oxygen atoms in total. The number of hydrogen-bond donors (Lipinski definition) is 0. The summed E-state index contributed by atoms with van der Waals surface area (Å²) in [6, 6.07) is 0. The second kappa shape index (κ2) is 5.92. The van der Waals surface area contributed by atoms with E-state index in [9.17, 15) is 9.59 Å². The molecule has 0 saturated carbocycles. The van der Waals surface area contributed by atoms with E-state index in [-0.39, 0.29) is 16.7 Å². The minimum absolute atomic E-state index is 0.0253. The molecule has 6 heteroatoms. The van der Waals surface area contributed by atoms with Gasteiger partial charge in [-0.3, -0.25) is 4.79 Å². The third kappa shape index (κ3) is 3.08. The van der Waals surface area contributed by atoms with Crippen molar-refractivity contribution in [3.63, 3.8) is 0 Å². The molecule has 1 aliphatic carbocycles. The molecule has 0 amide bonds. The SMILES string of the molecule is CC1=CC(=O)C(C(C)C)=C/C1=N/OC(=O)c1nccs1. The molecule has 0 unspecified atom stereocenters. The maximum atomic E-state index is 11.8. The molecular formula is C14H14N2O3S. The summed E-state index contributed by atoms with van der Waals surface area (Å²) < 4.78 is 0. The van der Waals surface area contributed by atoms with Gasteiger partial charge in [-0.1, -0.05) is 19.0 Å². The predicted molar refractivity (Wildman–Crippen MR) is 76.6 cm³/mol. The van der Waals surface area contributed by atoms with Crippen LogP contribution in [-0.2, 0) is 9.63 Å². The normalized spacial score (nSPS) is 17.2. The van der Waals surface area contributed by atoms with Crippen molar-refractivity contribution < 1.29 is 14.4 Å². The number of nitrogens with zero attached hydrogens (tertiary/aromatic N) is 2. The minimum atomic E-state index is -0.600. The summed E-state index contributed by atoms with van der Waals surface area (Å²) in [4.78, 5) is 32.2. The monoisotopic (exact) mass is 290 g/mol. The number of aromatic nitrogens is 1. The Balaban J connectivity index is 2.18. The summed E-state index contributed by atoms with van der Waals surface area (Å²) in [6.07, 6.45) is 4.69. The fourth-order valence-corrected chi connectivity index (χ4v) is 2.20. The highest BCUT2D eigenvalue weighted by molar-refractivity contribution is 7.11. The average molecular weight is 290 g/mol. The molecule has 0 aliphatic heterocycles. The fraction of sp³-hybridized carbons (Fsp3) is 0.286. The standard InChI is InChI=1S/C14H14N2O3S/c1-8(2)10-7-11(9(3)6-12(10)17)16-19-14(18)13-15-4-5-20-13/h4-8H,1-3H3/b16-11-. The molecule has 0 saturated heterocycles. The van der Waals surface area contributed by atoms with Crippen molar-refractivity contribution in [2.45, 2.75) is 20.8 Å². The summed E-state index contributed by atoms with van der Waals surface area (Å²) in [5.74, 6) is -0.536. The zero-order chi connectivity index (χ0) is 14.7. The van der Waals surface area contributed by atoms with Gasteiger partial charge < -0.3 is 4.84 Å². The molecule has 0 aromatic carbocycles. The molecule has 0 atom stereocenters. The van der Waals surface area contributed by atoms with E-state index in [2.05, 4.69) is 10.1 Å². The Labute approximate surface area is 120 Å². The first kappa shape index (κ1) is 14.3. The molecule has 1 heterocycles. The summed E-state index contributed by atoms with van der Waals surface area (Å²) in [6.45, 7) is 5.61. The Morgan fingerprint density at radius 1 is 1.40 bits per heavy atom. The van der Waals surface area contributed by atoms with Gasteiger partial charge in [0.15, 0.2) is 5.78 Å². The molecule has 1 aromatic heterocycles. The van der Waals surface area contributed by atoms with Crippen molar-refractivity contribution in [1.29, 1.82) is 0 Å². The molecule has 2 rings (SSSR count). The third-order valence-electron chi connectivity index (χ3n) is 2.78. The van der Waals surface area contributed by atoms with Crippen molar-refractivity contribution in [3.8, 4) is 0 Å². The number of thiazole rings is 1. The quantitative estimate of drug-likeness (QED) is 0.487. The van der Waals surface area contributed by atoms with E-state index in [0.717, 1.165) is 0 Å². The van der Waals surface area contributed by atoms with Crippen molar-refractivity contribution in [1.82, 2.24) is 4.98 Å². The molecule has 0 bridgehead atoms. The number of hydrogen-bond acceptors (Lipinski definition) is 6. The van der Waals surface area contributed by atoms with E-state index in [0.29, 0.717) is 16.9 Å². The van der Waals surface area contributed by atoms with E-state index >= 15 is 0 Å². The molecule has 1 aromatic rings. The van der Waals surface area contributed by atoms with Gasteiger partial charge in [0.2, 0.25) is 5.01 Å². The number of carbonyl (C=O) groups is 2. The number of allylic oxidation sites excluding steroid dienone is 4. The van der Waals surface area contributed by atoms with E-state index in [1.54, 1.807) is 18.4 Å². The summed E-state index contributed by atoms with van der Waals surface area (Å²) in [7, 11) is 0. The summed E-state index contributed by atoms with van der Waals surface area (Å²) in [5.41, 5.74) is 1.81. The second-order valence-electron chi connectivity index (χ2n) is 4.64. The highest BCUT2D eigenvalue weighted by Crippen LogP contribution is 2.19. The largest absolute Gasteiger partial charge is 0.394 e. The van der Waals surface area contributed by atoms with Crippen LogP contribution in [0.1, 0.15) is 30.6 Å². The van der Waals surface area contributed by atoms with Crippen LogP contribution in [-0.4, -0.2) is 22.4 Å².